The number of anilines is 1. The second-order valence-electron chi connectivity index (χ2n) is 7.11. The predicted molar refractivity (Wildman–Crippen MR) is 101 cm³/mol. The van der Waals surface area contributed by atoms with E-state index < -0.39 is 16.3 Å². The van der Waals surface area contributed by atoms with Crippen LogP contribution in [0, 0.1) is 0 Å². The van der Waals surface area contributed by atoms with Crippen LogP contribution in [-0.4, -0.2) is 20.9 Å². The maximum Gasteiger partial charge on any atom is 0.244 e. The van der Waals surface area contributed by atoms with Crippen molar-refractivity contribution in [1.29, 1.82) is 0 Å². The molecule has 24 heavy (non-hydrogen) atoms. The molecule has 1 amide bonds. The van der Waals surface area contributed by atoms with Gasteiger partial charge in [0.2, 0.25) is 5.91 Å². The molecule has 1 aliphatic rings. The van der Waals surface area contributed by atoms with Crippen molar-refractivity contribution in [3.63, 3.8) is 0 Å². The number of hydrogen-bond donors (Lipinski definition) is 2. The summed E-state index contributed by atoms with van der Waals surface area (Å²) in [5.41, 5.74) is 6.94. The van der Waals surface area contributed by atoms with Crippen LogP contribution in [0.25, 0.3) is 0 Å². The number of benzene rings is 1. The van der Waals surface area contributed by atoms with Crippen molar-refractivity contribution in [3.05, 3.63) is 29.8 Å². The molecule has 1 fully saturated rings. The Morgan fingerprint density at radius 2 is 2.04 bits per heavy atom. The molecule has 2 rings (SSSR count). The van der Waals surface area contributed by atoms with Crippen LogP contribution in [0.15, 0.2) is 24.3 Å². The van der Waals surface area contributed by atoms with Crippen molar-refractivity contribution < 1.29 is 9.00 Å². The molecular weight excluding hydrogens is 320 g/mol. The van der Waals surface area contributed by atoms with Gasteiger partial charge in [-0.25, -0.2) is 0 Å². The first kappa shape index (κ1) is 19.1. The average molecular weight is 351 g/mol. The van der Waals surface area contributed by atoms with Gasteiger partial charge in [0, 0.05) is 27.5 Å². The van der Waals surface area contributed by atoms with E-state index in [0.29, 0.717) is 17.4 Å². The van der Waals surface area contributed by atoms with E-state index in [1.54, 1.807) is 6.92 Å². The molecule has 4 nitrogen and oxygen atoms in total. The van der Waals surface area contributed by atoms with Crippen molar-refractivity contribution in [3.8, 4) is 0 Å². The minimum atomic E-state index is -0.865. The fourth-order valence-corrected chi connectivity index (χ4v) is 4.86. The lowest BCUT2D eigenvalue weighted by atomic mass is 9.96. The van der Waals surface area contributed by atoms with E-state index in [2.05, 4.69) is 5.32 Å². The Kier molecular flexibility index (Phi) is 6.99. The van der Waals surface area contributed by atoms with E-state index in [1.165, 1.54) is 19.3 Å². The van der Waals surface area contributed by atoms with Gasteiger partial charge >= 0.3 is 0 Å². The molecule has 1 saturated carbocycles. The largest absolute Gasteiger partial charge is 0.324 e. The molecular formula is C19H30N2O2S. The van der Waals surface area contributed by atoms with Gasteiger partial charge in [-0.05, 0) is 43.9 Å². The molecule has 1 aromatic rings. The highest BCUT2D eigenvalue weighted by molar-refractivity contribution is 7.84. The molecule has 134 valence electrons. The lowest BCUT2D eigenvalue weighted by molar-refractivity contribution is -0.120. The second-order valence-corrected chi connectivity index (χ2v) is 8.82. The summed E-state index contributed by atoms with van der Waals surface area (Å²) in [4.78, 5) is 12.3. The number of carbonyl (C=O) groups is 1. The quantitative estimate of drug-likeness (QED) is 0.787. The summed E-state index contributed by atoms with van der Waals surface area (Å²) in [5, 5.41) is 3.22. The number of nitrogens with one attached hydrogen (secondary N) is 1. The standard InChI is InChI=1S/C19H30N2O2S/c1-3-12-19(2,20)18(22)21-16-9-7-8-15(13-16)14-24(23)17-10-5-4-6-11-17/h7-9,13,17H,3-6,10-12,14,20H2,1-2H3,(H,21,22). The summed E-state index contributed by atoms with van der Waals surface area (Å²) in [7, 11) is -0.836. The van der Waals surface area contributed by atoms with Gasteiger partial charge in [-0.2, -0.15) is 0 Å². The zero-order chi connectivity index (χ0) is 17.6. The highest BCUT2D eigenvalue weighted by Gasteiger charge is 2.27. The third kappa shape index (κ3) is 5.42. The van der Waals surface area contributed by atoms with E-state index in [1.807, 2.05) is 31.2 Å². The van der Waals surface area contributed by atoms with E-state index in [-0.39, 0.29) is 5.91 Å². The topological polar surface area (TPSA) is 72.2 Å². The number of amides is 1. The fraction of sp³-hybridized carbons (Fsp3) is 0.632. The molecule has 5 heteroatoms. The van der Waals surface area contributed by atoms with Gasteiger partial charge in [0.05, 0.1) is 5.54 Å². The summed E-state index contributed by atoms with van der Waals surface area (Å²) < 4.78 is 12.5. The predicted octanol–water partition coefficient (Wildman–Crippen LogP) is 3.72. The Balaban J connectivity index is 1.98. The SMILES string of the molecule is CCCC(C)(N)C(=O)Nc1cccc(CS(=O)C2CCCCC2)c1. The zero-order valence-corrected chi connectivity index (χ0v) is 15.7. The van der Waals surface area contributed by atoms with Crippen molar-refractivity contribution >= 4 is 22.4 Å². The highest BCUT2D eigenvalue weighted by Crippen LogP contribution is 2.24. The van der Waals surface area contributed by atoms with E-state index in [0.717, 1.165) is 30.5 Å². The minimum absolute atomic E-state index is 0.171. The molecule has 0 aromatic heterocycles. The van der Waals surface area contributed by atoms with Crippen LogP contribution in [0.4, 0.5) is 5.69 Å². The van der Waals surface area contributed by atoms with Crippen molar-refractivity contribution in [1.82, 2.24) is 0 Å². The van der Waals surface area contributed by atoms with Gasteiger partial charge in [-0.3, -0.25) is 9.00 Å². The first-order valence-electron chi connectivity index (χ1n) is 8.99. The average Bonchev–Trinajstić information content (AvgIpc) is 2.56. The van der Waals surface area contributed by atoms with Gasteiger partial charge in [0.1, 0.15) is 0 Å². The Hall–Kier alpha value is -1.20. The molecule has 0 bridgehead atoms. The second kappa shape index (κ2) is 8.77. The van der Waals surface area contributed by atoms with Gasteiger partial charge in [-0.1, -0.05) is 44.7 Å². The van der Waals surface area contributed by atoms with Crippen molar-refractivity contribution in [2.75, 3.05) is 5.32 Å². The van der Waals surface area contributed by atoms with E-state index in [9.17, 15) is 9.00 Å². The number of rotatable bonds is 7. The van der Waals surface area contributed by atoms with Crippen molar-refractivity contribution in [2.24, 2.45) is 5.73 Å². The summed E-state index contributed by atoms with van der Waals surface area (Å²) in [6.45, 7) is 3.77. The van der Waals surface area contributed by atoms with Crippen LogP contribution in [-0.2, 0) is 21.3 Å². The van der Waals surface area contributed by atoms with E-state index in [4.69, 9.17) is 5.73 Å². The highest BCUT2D eigenvalue weighted by atomic mass is 32.2. The third-order valence-corrected chi connectivity index (χ3v) is 6.54. The summed E-state index contributed by atoms with van der Waals surface area (Å²) in [6.07, 6.45) is 7.31. The molecule has 1 aromatic carbocycles. The van der Waals surface area contributed by atoms with Crippen LogP contribution < -0.4 is 11.1 Å². The van der Waals surface area contributed by atoms with Gasteiger partial charge < -0.3 is 11.1 Å². The maximum atomic E-state index is 12.5. The summed E-state index contributed by atoms with van der Waals surface area (Å²) >= 11 is 0. The third-order valence-electron chi connectivity index (χ3n) is 4.71. The van der Waals surface area contributed by atoms with Gasteiger partial charge in [0.15, 0.2) is 0 Å². The summed E-state index contributed by atoms with van der Waals surface area (Å²) in [5.74, 6) is 0.387. The molecule has 2 atom stereocenters. The monoisotopic (exact) mass is 350 g/mol. The van der Waals surface area contributed by atoms with Crippen LogP contribution >= 0.6 is 0 Å². The molecule has 1 aliphatic carbocycles. The first-order valence-corrected chi connectivity index (χ1v) is 10.4. The molecule has 0 saturated heterocycles. The number of nitrogens with two attached hydrogens (primary N) is 1. The number of carbonyl (C=O) groups excluding carboxylic acids is 1. The molecule has 0 radical (unpaired) electrons. The molecule has 0 heterocycles. The van der Waals surface area contributed by atoms with Gasteiger partial charge in [-0.15, -0.1) is 0 Å². The van der Waals surface area contributed by atoms with Crippen LogP contribution in [0.2, 0.25) is 0 Å². The fourth-order valence-electron chi connectivity index (χ4n) is 3.26. The smallest absolute Gasteiger partial charge is 0.244 e. The Bertz CT molecular complexity index is 580. The normalized spacial score (nSPS) is 19.5. The molecule has 2 unspecified atom stereocenters. The first-order chi connectivity index (χ1) is 11.4. The molecule has 3 N–H and O–H groups in total. The number of hydrogen-bond acceptors (Lipinski definition) is 3. The van der Waals surface area contributed by atoms with Crippen LogP contribution in [0.5, 0.6) is 0 Å². The Morgan fingerprint density at radius 3 is 2.71 bits per heavy atom. The Labute approximate surface area is 148 Å². The zero-order valence-electron chi connectivity index (χ0n) is 14.8. The van der Waals surface area contributed by atoms with E-state index >= 15 is 0 Å². The van der Waals surface area contributed by atoms with Crippen LogP contribution in [0.3, 0.4) is 0 Å². The molecule has 0 spiro atoms. The lowest BCUT2D eigenvalue weighted by Crippen LogP contribution is -2.48. The van der Waals surface area contributed by atoms with Gasteiger partial charge in [0.25, 0.3) is 0 Å². The minimum Gasteiger partial charge on any atom is -0.324 e. The Morgan fingerprint density at radius 1 is 1.33 bits per heavy atom. The van der Waals surface area contributed by atoms with Crippen molar-refractivity contribution in [2.45, 2.75) is 75.3 Å². The van der Waals surface area contributed by atoms with Crippen LogP contribution in [0.1, 0.15) is 64.4 Å². The maximum absolute atomic E-state index is 12.5. The lowest BCUT2D eigenvalue weighted by Gasteiger charge is -2.23. The summed E-state index contributed by atoms with van der Waals surface area (Å²) in [6, 6.07) is 7.65. The molecule has 0 aliphatic heterocycles.